The van der Waals surface area contributed by atoms with Gasteiger partial charge in [0.25, 0.3) is 0 Å². The van der Waals surface area contributed by atoms with Gasteiger partial charge in [-0.15, -0.1) is 0 Å². The van der Waals surface area contributed by atoms with Crippen LogP contribution in [0.15, 0.2) is 24.3 Å². The van der Waals surface area contributed by atoms with Crippen molar-refractivity contribution in [3.63, 3.8) is 0 Å². The number of nitrogens with zero attached hydrogens (tertiary/aromatic N) is 1. The fraction of sp³-hybridized carbons (Fsp3) is 0.588. The van der Waals surface area contributed by atoms with Gasteiger partial charge in [0.15, 0.2) is 0 Å². The molecule has 0 radical (unpaired) electrons. The maximum absolute atomic E-state index is 11.0. The first-order chi connectivity index (χ1) is 9.09. The third-order valence-corrected chi connectivity index (χ3v) is 4.73. The lowest BCUT2D eigenvalue weighted by atomic mass is 9.67. The summed E-state index contributed by atoms with van der Waals surface area (Å²) in [5.74, 6) is 0.898. The molecule has 1 fully saturated rings. The SMILES string of the molecule is CCC1CCCCC1C(C)(O)c1cccc(C#N)c1. The number of hydrogen-bond acceptors (Lipinski definition) is 2. The summed E-state index contributed by atoms with van der Waals surface area (Å²) in [6, 6.07) is 9.59. The van der Waals surface area contributed by atoms with Crippen molar-refractivity contribution < 1.29 is 5.11 Å². The monoisotopic (exact) mass is 257 g/mol. The van der Waals surface area contributed by atoms with Gasteiger partial charge in [-0.25, -0.2) is 0 Å². The summed E-state index contributed by atoms with van der Waals surface area (Å²) >= 11 is 0. The van der Waals surface area contributed by atoms with Crippen LogP contribution in [0.4, 0.5) is 0 Å². The van der Waals surface area contributed by atoms with Crippen molar-refractivity contribution >= 4 is 0 Å². The van der Waals surface area contributed by atoms with Crippen LogP contribution in [-0.4, -0.2) is 5.11 Å². The molecule has 3 unspecified atom stereocenters. The topological polar surface area (TPSA) is 44.0 Å². The second-order valence-corrected chi connectivity index (χ2v) is 5.90. The summed E-state index contributed by atoms with van der Waals surface area (Å²) in [5, 5.41) is 20.0. The number of rotatable bonds is 3. The van der Waals surface area contributed by atoms with E-state index in [1.165, 1.54) is 19.3 Å². The van der Waals surface area contributed by atoms with Crippen LogP contribution in [0.3, 0.4) is 0 Å². The van der Waals surface area contributed by atoms with E-state index in [9.17, 15) is 5.11 Å². The summed E-state index contributed by atoms with van der Waals surface area (Å²) in [6.07, 6.45) is 5.91. The highest BCUT2D eigenvalue weighted by molar-refractivity contribution is 5.35. The lowest BCUT2D eigenvalue weighted by Gasteiger charge is -2.41. The molecular formula is C17H23NO. The number of aliphatic hydroxyl groups is 1. The quantitative estimate of drug-likeness (QED) is 0.890. The summed E-state index contributed by atoms with van der Waals surface area (Å²) in [6.45, 7) is 4.13. The van der Waals surface area contributed by atoms with Crippen LogP contribution in [0.25, 0.3) is 0 Å². The van der Waals surface area contributed by atoms with Crippen molar-refractivity contribution in [2.24, 2.45) is 11.8 Å². The van der Waals surface area contributed by atoms with Crippen molar-refractivity contribution in [1.29, 1.82) is 5.26 Å². The molecule has 0 aromatic heterocycles. The molecule has 0 amide bonds. The van der Waals surface area contributed by atoms with Crippen molar-refractivity contribution in [2.75, 3.05) is 0 Å². The molecule has 1 saturated carbocycles. The highest BCUT2D eigenvalue weighted by Crippen LogP contribution is 2.43. The van der Waals surface area contributed by atoms with E-state index in [0.717, 1.165) is 18.4 Å². The zero-order chi connectivity index (χ0) is 13.9. The van der Waals surface area contributed by atoms with Crippen LogP contribution in [0, 0.1) is 23.2 Å². The first-order valence-electron chi connectivity index (χ1n) is 7.32. The smallest absolute Gasteiger partial charge is 0.0991 e. The molecule has 2 nitrogen and oxygen atoms in total. The molecule has 0 heterocycles. The van der Waals surface area contributed by atoms with Gasteiger partial charge in [0.2, 0.25) is 0 Å². The molecule has 0 bridgehead atoms. The fourth-order valence-corrected chi connectivity index (χ4v) is 3.55. The van der Waals surface area contributed by atoms with Gasteiger partial charge in [0, 0.05) is 0 Å². The van der Waals surface area contributed by atoms with E-state index >= 15 is 0 Å². The highest BCUT2D eigenvalue weighted by atomic mass is 16.3. The molecule has 1 N–H and O–H groups in total. The zero-order valence-corrected chi connectivity index (χ0v) is 11.9. The minimum absolute atomic E-state index is 0.306. The van der Waals surface area contributed by atoms with Crippen LogP contribution in [0.2, 0.25) is 0 Å². The molecule has 0 spiro atoms. The molecule has 0 saturated heterocycles. The number of benzene rings is 1. The standard InChI is InChI=1S/C17H23NO/c1-3-14-8-4-5-10-16(14)17(2,19)15-9-6-7-13(11-15)12-18/h6-7,9,11,14,16,19H,3-5,8,10H2,1-2H3. The average Bonchev–Trinajstić information content (AvgIpc) is 2.47. The Morgan fingerprint density at radius 3 is 2.79 bits per heavy atom. The normalized spacial score (nSPS) is 26.4. The molecule has 1 aliphatic carbocycles. The van der Waals surface area contributed by atoms with E-state index in [-0.39, 0.29) is 0 Å². The third-order valence-electron chi connectivity index (χ3n) is 4.73. The van der Waals surface area contributed by atoms with Gasteiger partial charge in [-0.05, 0) is 42.9 Å². The van der Waals surface area contributed by atoms with Gasteiger partial charge in [-0.2, -0.15) is 5.26 Å². The summed E-state index contributed by atoms with van der Waals surface area (Å²) in [7, 11) is 0. The molecule has 1 aromatic rings. The van der Waals surface area contributed by atoms with E-state index < -0.39 is 5.60 Å². The predicted octanol–water partition coefficient (Wildman–Crippen LogP) is 3.98. The Hall–Kier alpha value is -1.33. The van der Waals surface area contributed by atoms with E-state index in [1.807, 2.05) is 25.1 Å². The van der Waals surface area contributed by atoms with E-state index in [0.29, 0.717) is 17.4 Å². The fourth-order valence-electron chi connectivity index (χ4n) is 3.55. The first-order valence-corrected chi connectivity index (χ1v) is 7.32. The van der Waals surface area contributed by atoms with Crippen molar-refractivity contribution in [3.8, 4) is 6.07 Å². The maximum atomic E-state index is 11.0. The lowest BCUT2D eigenvalue weighted by molar-refractivity contribution is -0.0489. The van der Waals surface area contributed by atoms with Gasteiger partial charge < -0.3 is 5.11 Å². The Bertz CT molecular complexity index is 472. The predicted molar refractivity (Wildman–Crippen MR) is 76.5 cm³/mol. The molecule has 2 rings (SSSR count). The van der Waals surface area contributed by atoms with Gasteiger partial charge in [-0.3, -0.25) is 0 Å². The van der Waals surface area contributed by atoms with Gasteiger partial charge in [0.05, 0.1) is 17.2 Å². The van der Waals surface area contributed by atoms with Crippen molar-refractivity contribution in [3.05, 3.63) is 35.4 Å². The summed E-state index contributed by atoms with van der Waals surface area (Å²) in [5.41, 5.74) is 0.687. The van der Waals surface area contributed by atoms with Crippen LogP contribution >= 0.6 is 0 Å². The molecule has 1 aliphatic rings. The van der Waals surface area contributed by atoms with Crippen molar-refractivity contribution in [2.45, 2.75) is 51.6 Å². The lowest BCUT2D eigenvalue weighted by Crippen LogP contribution is -2.38. The Morgan fingerprint density at radius 1 is 1.37 bits per heavy atom. The number of nitriles is 1. The summed E-state index contributed by atoms with van der Waals surface area (Å²) in [4.78, 5) is 0. The van der Waals surface area contributed by atoms with Crippen LogP contribution in [0.5, 0.6) is 0 Å². The van der Waals surface area contributed by atoms with Crippen LogP contribution in [-0.2, 0) is 5.60 Å². The van der Waals surface area contributed by atoms with Crippen molar-refractivity contribution in [1.82, 2.24) is 0 Å². The average molecular weight is 257 g/mol. The van der Waals surface area contributed by atoms with Gasteiger partial charge >= 0.3 is 0 Å². The largest absolute Gasteiger partial charge is 0.385 e. The molecule has 0 aliphatic heterocycles. The molecule has 19 heavy (non-hydrogen) atoms. The molecular weight excluding hydrogens is 234 g/mol. The molecule has 3 atom stereocenters. The van der Waals surface area contributed by atoms with Crippen LogP contribution < -0.4 is 0 Å². The molecule has 1 aromatic carbocycles. The summed E-state index contributed by atoms with van der Waals surface area (Å²) < 4.78 is 0. The van der Waals surface area contributed by atoms with Gasteiger partial charge in [-0.1, -0.05) is 44.7 Å². The number of hydrogen-bond donors (Lipinski definition) is 1. The third kappa shape index (κ3) is 2.82. The Labute approximate surface area is 116 Å². The Balaban J connectivity index is 2.31. The second-order valence-electron chi connectivity index (χ2n) is 5.90. The van der Waals surface area contributed by atoms with Gasteiger partial charge in [0.1, 0.15) is 0 Å². The molecule has 102 valence electrons. The second kappa shape index (κ2) is 5.75. The maximum Gasteiger partial charge on any atom is 0.0991 e. The van der Waals surface area contributed by atoms with E-state index in [1.54, 1.807) is 6.07 Å². The Morgan fingerprint density at radius 2 is 2.11 bits per heavy atom. The minimum Gasteiger partial charge on any atom is -0.385 e. The van der Waals surface area contributed by atoms with Crippen LogP contribution in [0.1, 0.15) is 57.1 Å². The minimum atomic E-state index is -0.825. The first kappa shape index (κ1) is 14.1. The zero-order valence-electron chi connectivity index (χ0n) is 11.9. The Kier molecular flexibility index (Phi) is 4.27. The van der Waals surface area contributed by atoms with E-state index in [2.05, 4.69) is 13.0 Å². The van der Waals surface area contributed by atoms with E-state index in [4.69, 9.17) is 5.26 Å². The molecule has 2 heteroatoms. The highest BCUT2D eigenvalue weighted by Gasteiger charge is 2.39.